The topological polar surface area (TPSA) is 142 Å². The highest BCUT2D eigenvalue weighted by atomic mass is 32.2. The fourth-order valence-electron chi connectivity index (χ4n) is 2.12. The van der Waals surface area contributed by atoms with Crippen molar-refractivity contribution in [3.8, 4) is 11.4 Å². The van der Waals surface area contributed by atoms with E-state index in [0.29, 0.717) is 5.69 Å². The van der Waals surface area contributed by atoms with E-state index in [9.17, 15) is 26.4 Å². The smallest absolute Gasteiger partial charge is 0.406 e. The van der Waals surface area contributed by atoms with Gasteiger partial charge in [-0.1, -0.05) is 0 Å². The van der Waals surface area contributed by atoms with Crippen LogP contribution in [0.15, 0.2) is 53.4 Å². The van der Waals surface area contributed by atoms with E-state index in [1.807, 2.05) is 0 Å². The average Bonchev–Trinajstić information content (AvgIpc) is 3.11. The van der Waals surface area contributed by atoms with Crippen molar-refractivity contribution < 1.29 is 31.1 Å². The minimum Gasteiger partial charge on any atom is -0.406 e. The molecule has 2 aromatic carbocycles. The Hall–Kier alpha value is -3.68. The number of primary amides is 1. The zero-order chi connectivity index (χ0) is 21.2. The highest BCUT2D eigenvalue weighted by Gasteiger charge is 2.31. The van der Waals surface area contributed by atoms with Crippen LogP contribution in [0.1, 0.15) is 10.6 Å². The van der Waals surface area contributed by atoms with Gasteiger partial charge in [0.1, 0.15) is 5.75 Å². The first-order valence-corrected chi connectivity index (χ1v) is 9.11. The lowest BCUT2D eigenvalue weighted by molar-refractivity contribution is -0.274. The molecule has 0 unspecified atom stereocenters. The van der Waals surface area contributed by atoms with Gasteiger partial charge >= 0.3 is 6.36 Å². The standard InChI is InChI=1S/C15H11F3N6O4S/c16-15(17,18)28-11-5-7-12(8-6-11)29(26,27)22-9-1-3-10(4-2-9)24-21-14(13(19)25)20-23-24/h1-8,22H,(H2,19,25). The van der Waals surface area contributed by atoms with Crippen LogP contribution < -0.4 is 15.2 Å². The van der Waals surface area contributed by atoms with E-state index in [1.165, 1.54) is 24.3 Å². The summed E-state index contributed by atoms with van der Waals surface area (Å²) in [7, 11) is -4.06. The molecule has 29 heavy (non-hydrogen) atoms. The fraction of sp³-hybridized carbons (Fsp3) is 0.0667. The molecule has 10 nitrogen and oxygen atoms in total. The van der Waals surface area contributed by atoms with Gasteiger partial charge in [-0.3, -0.25) is 9.52 Å². The van der Waals surface area contributed by atoms with Crippen LogP contribution in [-0.2, 0) is 10.0 Å². The number of carbonyl (C=O) groups excluding carboxylic acids is 1. The van der Waals surface area contributed by atoms with Gasteiger partial charge in [0.2, 0.25) is 0 Å². The second-order valence-electron chi connectivity index (χ2n) is 5.44. The molecule has 0 aliphatic carbocycles. The Morgan fingerprint density at radius 2 is 1.69 bits per heavy atom. The molecule has 3 rings (SSSR count). The van der Waals surface area contributed by atoms with Crippen LogP contribution in [0.4, 0.5) is 18.9 Å². The van der Waals surface area contributed by atoms with Crippen LogP contribution in [0.25, 0.3) is 5.69 Å². The molecule has 0 spiro atoms. The third-order valence-corrected chi connectivity index (χ3v) is 4.75. The number of amides is 1. The maximum absolute atomic E-state index is 12.4. The Morgan fingerprint density at radius 1 is 1.07 bits per heavy atom. The highest BCUT2D eigenvalue weighted by Crippen LogP contribution is 2.25. The summed E-state index contributed by atoms with van der Waals surface area (Å²) < 4.78 is 67.2. The van der Waals surface area contributed by atoms with Gasteiger partial charge in [0, 0.05) is 5.69 Å². The number of hydrogen-bond acceptors (Lipinski definition) is 7. The second-order valence-corrected chi connectivity index (χ2v) is 7.12. The minimum atomic E-state index is -4.88. The van der Waals surface area contributed by atoms with Crippen molar-refractivity contribution in [3.63, 3.8) is 0 Å². The first-order chi connectivity index (χ1) is 13.5. The van der Waals surface area contributed by atoms with Gasteiger partial charge in [0.15, 0.2) is 0 Å². The van der Waals surface area contributed by atoms with Gasteiger partial charge in [-0.05, 0) is 53.7 Å². The van der Waals surface area contributed by atoms with Crippen LogP contribution >= 0.6 is 0 Å². The highest BCUT2D eigenvalue weighted by molar-refractivity contribution is 7.92. The number of tetrazole rings is 1. The molecule has 152 valence electrons. The summed E-state index contributed by atoms with van der Waals surface area (Å²) in [6.45, 7) is 0. The minimum absolute atomic E-state index is 0.166. The Balaban J connectivity index is 1.73. The Labute approximate surface area is 161 Å². The summed E-state index contributed by atoms with van der Waals surface area (Å²) in [6.07, 6.45) is -4.88. The number of rotatable bonds is 6. The molecular weight excluding hydrogens is 417 g/mol. The molecule has 3 N–H and O–H groups in total. The predicted octanol–water partition coefficient (Wildman–Crippen LogP) is 1.46. The SMILES string of the molecule is NC(=O)c1nnn(-c2ccc(NS(=O)(=O)c3ccc(OC(F)(F)F)cc3)cc2)n1. The fourth-order valence-corrected chi connectivity index (χ4v) is 3.18. The van der Waals surface area contributed by atoms with E-state index in [2.05, 4.69) is 24.9 Å². The van der Waals surface area contributed by atoms with Crippen LogP contribution in [-0.4, -0.2) is 40.9 Å². The first-order valence-electron chi connectivity index (χ1n) is 7.62. The Bertz CT molecular complexity index is 1130. The van der Waals surface area contributed by atoms with E-state index >= 15 is 0 Å². The van der Waals surface area contributed by atoms with Crippen LogP contribution in [0.2, 0.25) is 0 Å². The van der Waals surface area contributed by atoms with Crippen LogP contribution in [0, 0.1) is 0 Å². The van der Waals surface area contributed by atoms with Crippen molar-refractivity contribution in [1.82, 2.24) is 20.2 Å². The molecular formula is C15H11F3N6O4S. The third kappa shape index (κ3) is 4.98. The van der Waals surface area contributed by atoms with Gasteiger partial charge in [0.25, 0.3) is 21.8 Å². The van der Waals surface area contributed by atoms with E-state index in [0.717, 1.165) is 29.1 Å². The van der Waals surface area contributed by atoms with Crippen molar-refractivity contribution in [2.75, 3.05) is 4.72 Å². The summed E-state index contributed by atoms with van der Waals surface area (Å²) in [6, 6.07) is 9.40. The molecule has 0 saturated carbocycles. The number of nitrogens with one attached hydrogen (secondary N) is 1. The zero-order valence-corrected chi connectivity index (χ0v) is 15.0. The number of nitrogens with zero attached hydrogens (tertiary/aromatic N) is 4. The van der Waals surface area contributed by atoms with Gasteiger partial charge in [-0.15, -0.1) is 28.2 Å². The zero-order valence-electron chi connectivity index (χ0n) is 14.2. The van der Waals surface area contributed by atoms with Crippen molar-refractivity contribution in [2.24, 2.45) is 5.73 Å². The molecule has 0 radical (unpaired) electrons. The monoisotopic (exact) mass is 428 g/mol. The number of aromatic nitrogens is 4. The molecule has 0 bridgehead atoms. The molecule has 1 amide bonds. The van der Waals surface area contributed by atoms with Crippen molar-refractivity contribution >= 4 is 21.6 Å². The third-order valence-electron chi connectivity index (χ3n) is 3.35. The molecule has 0 aliphatic rings. The molecule has 1 heterocycles. The normalized spacial score (nSPS) is 11.8. The number of benzene rings is 2. The average molecular weight is 428 g/mol. The molecule has 1 aromatic heterocycles. The summed E-state index contributed by atoms with van der Waals surface area (Å²) in [5.41, 5.74) is 5.58. The van der Waals surface area contributed by atoms with E-state index in [-0.39, 0.29) is 16.4 Å². The number of anilines is 1. The summed E-state index contributed by atoms with van der Waals surface area (Å²) in [5.74, 6) is -1.68. The lowest BCUT2D eigenvalue weighted by Gasteiger charge is -2.11. The maximum Gasteiger partial charge on any atom is 0.573 e. The van der Waals surface area contributed by atoms with Gasteiger partial charge in [-0.25, -0.2) is 8.42 Å². The number of halogens is 3. The number of carbonyl (C=O) groups is 1. The largest absolute Gasteiger partial charge is 0.573 e. The number of sulfonamides is 1. The number of ether oxygens (including phenoxy) is 1. The second kappa shape index (κ2) is 7.38. The Morgan fingerprint density at radius 3 is 2.21 bits per heavy atom. The summed E-state index contributed by atoms with van der Waals surface area (Å²) >= 11 is 0. The lowest BCUT2D eigenvalue weighted by Crippen LogP contribution is -2.17. The number of alkyl halides is 3. The van der Waals surface area contributed by atoms with E-state index < -0.39 is 28.0 Å². The van der Waals surface area contributed by atoms with E-state index in [4.69, 9.17) is 5.73 Å². The van der Waals surface area contributed by atoms with Crippen molar-refractivity contribution in [2.45, 2.75) is 11.3 Å². The van der Waals surface area contributed by atoms with Crippen molar-refractivity contribution in [3.05, 3.63) is 54.4 Å². The molecule has 0 atom stereocenters. The van der Waals surface area contributed by atoms with Crippen LogP contribution in [0.3, 0.4) is 0 Å². The Kier molecular flexibility index (Phi) is 5.11. The van der Waals surface area contributed by atoms with Crippen LogP contribution in [0.5, 0.6) is 5.75 Å². The predicted molar refractivity (Wildman–Crippen MR) is 91.6 cm³/mol. The van der Waals surface area contributed by atoms with Crippen molar-refractivity contribution in [1.29, 1.82) is 0 Å². The maximum atomic E-state index is 12.4. The first kappa shape index (κ1) is 20.1. The van der Waals surface area contributed by atoms with Gasteiger partial charge < -0.3 is 10.5 Å². The molecule has 0 saturated heterocycles. The molecule has 0 fully saturated rings. The van der Waals surface area contributed by atoms with E-state index in [1.54, 1.807) is 0 Å². The lowest BCUT2D eigenvalue weighted by atomic mass is 10.3. The molecule has 0 aliphatic heterocycles. The number of hydrogen-bond donors (Lipinski definition) is 2. The number of nitrogens with two attached hydrogens (primary N) is 1. The summed E-state index contributed by atoms with van der Waals surface area (Å²) in [4.78, 5) is 11.7. The molecule has 14 heteroatoms. The van der Waals surface area contributed by atoms with Gasteiger partial charge in [0.05, 0.1) is 10.6 Å². The quantitative estimate of drug-likeness (QED) is 0.605. The van der Waals surface area contributed by atoms with Gasteiger partial charge in [-0.2, -0.15) is 0 Å². The summed E-state index contributed by atoms with van der Waals surface area (Å²) in [5, 5.41) is 10.8. The molecule has 3 aromatic rings.